The van der Waals surface area contributed by atoms with E-state index in [-0.39, 0.29) is 96.6 Å². The fourth-order valence-corrected chi connectivity index (χ4v) is 5.13. The van der Waals surface area contributed by atoms with Crippen LogP contribution in [0.3, 0.4) is 0 Å². The van der Waals surface area contributed by atoms with Crippen LogP contribution in [0.25, 0.3) is 28.1 Å². The molecule has 0 radical (unpaired) electrons. The number of carboxylic acids is 1. The molecule has 19 heteroatoms. The first-order chi connectivity index (χ1) is 23.6. The summed E-state index contributed by atoms with van der Waals surface area (Å²) in [4.78, 5) is 44.5. The number of anilines is 1. The smallest absolute Gasteiger partial charge is 0.545 e. The Balaban J connectivity index is 0.000000225. The van der Waals surface area contributed by atoms with Crippen LogP contribution >= 0.6 is 0 Å². The van der Waals surface area contributed by atoms with Crippen molar-refractivity contribution in [3.63, 3.8) is 0 Å². The van der Waals surface area contributed by atoms with Gasteiger partial charge < -0.3 is 24.8 Å². The van der Waals surface area contributed by atoms with Gasteiger partial charge in [-0.05, 0) is 55.0 Å². The van der Waals surface area contributed by atoms with Crippen LogP contribution in [-0.4, -0.2) is 49.6 Å². The van der Waals surface area contributed by atoms with Crippen LogP contribution in [0.5, 0.6) is 0 Å². The third-order valence-electron chi connectivity index (χ3n) is 7.15. The van der Waals surface area contributed by atoms with E-state index < -0.39 is 27.9 Å². The molecular formula is C32H26F3KN8O6S. The summed E-state index contributed by atoms with van der Waals surface area (Å²) in [5.74, 6) is -1.54. The number of benzene rings is 3. The molecule has 0 atom stereocenters. The van der Waals surface area contributed by atoms with E-state index in [1.54, 1.807) is 28.8 Å². The molecule has 1 amide bonds. The minimum Gasteiger partial charge on any atom is -0.545 e. The third kappa shape index (κ3) is 9.85. The molecule has 0 aliphatic carbocycles. The van der Waals surface area contributed by atoms with Crippen molar-refractivity contribution in [2.75, 3.05) is 5.32 Å². The number of alkyl halides is 3. The van der Waals surface area contributed by atoms with Gasteiger partial charge in [0.25, 0.3) is 5.56 Å². The van der Waals surface area contributed by atoms with Gasteiger partial charge in [0.2, 0.25) is 15.9 Å². The van der Waals surface area contributed by atoms with Gasteiger partial charge in [-0.15, -0.1) is 0 Å². The van der Waals surface area contributed by atoms with Gasteiger partial charge in [0, 0.05) is 24.2 Å². The van der Waals surface area contributed by atoms with Gasteiger partial charge in [-0.3, -0.25) is 9.59 Å². The molecule has 4 N–H and O–H groups in total. The molecule has 0 unspecified atom stereocenters. The molecule has 3 aromatic carbocycles. The van der Waals surface area contributed by atoms with Gasteiger partial charge in [0.1, 0.15) is 0 Å². The predicted molar refractivity (Wildman–Crippen MR) is 172 cm³/mol. The number of sulfonamides is 1. The Labute approximate surface area is 330 Å². The molecule has 51 heavy (non-hydrogen) atoms. The Morgan fingerprint density at radius 3 is 2.22 bits per heavy atom. The topological polar surface area (TPSA) is 211 Å². The number of nitrogens with zero attached hydrogens (tertiary/aromatic N) is 5. The van der Waals surface area contributed by atoms with Gasteiger partial charge in [-0.1, -0.05) is 42.0 Å². The fourth-order valence-electron chi connectivity index (χ4n) is 4.61. The first-order valence-electron chi connectivity index (χ1n) is 14.5. The number of primary sulfonamides is 1. The number of carboxylic acid groups (broad SMARTS) is 1. The number of H-pyrrole nitrogens is 1. The molecule has 6 aromatic rings. The fraction of sp³-hybridized carbons (Fsp3) is 0.125. The average Bonchev–Trinajstić information content (AvgIpc) is 3.71. The van der Waals surface area contributed by atoms with E-state index in [0.717, 1.165) is 16.3 Å². The van der Waals surface area contributed by atoms with Crippen LogP contribution in [0, 0.1) is 6.92 Å². The zero-order valence-corrected chi connectivity index (χ0v) is 30.8. The molecule has 3 aromatic heterocycles. The number of aryl methyl sites for hydroxylation is 2. The van der Waals surface area contributed by atoms with Crippen molar-refractivity contribution in [3.8, 4) is 16.9 Å². The minimum absolute atomic E-state index is 0. The molecule has 0 spiro atoms. The molecule has 6 rings (SSSR count). The van der Waals surface area contributed by atoms with Crippen LogP contribution in [-0.2, 0) is 27.5 Å². The zero-order chi connectivity index (χ0) is 36.2. The number of imidazole rings is 1. The Morgan fingerprint density at radius 1 is 0.980 bits per heavy atom. The van der Waals surface area contributed by atoms with Gasteiger partial charge in [-0.2, -0.15) is 18.3 Å². The van der Waals surface area contributed by atoms with Crippen LogP contribution in [0.15, 0.2) is 101 Å². The number of hydrogen-bond acceptors (Lipinski definition) is 9. The second-order valence-corrected chi connectivity index (χ2v) is 12.3. The number of hydrogen-bond donors (Lipinski definition) is 3. The summed E-state index contributed by atoms with van der Waals surface area (Å²) in [5.41, 5.74) is 1.80. The third-order valence-corrected chi connectivity index (χ3v) is 8.08. The van der Waals surface area contributed by atoms with E-state index in [2.05, 4.69) is 25.4 Å². The number of nitrogens with two attached hydrogens (primary N) is 1. The maximum Gasteiger partial charge on any atom is 1.00 e. The number of nitrogens with one attached hydrogen (secondary N) is 2. The van der Waals surface area contributed by atoms with Gasteiger partial charge in [-0.25, -0.2) is 28.2 Å². The molecule has 0 aliphatic heterocycles. The molecule has 0 bridgehead atoms. The maximum atomic E-state index is 13.1. The number of aromatic carboxylic acids is 1. The van der Waals surface area contributed by atoms with Crippen molar-refractivity contribution in [2.24, 2.45) is 5.14 Å². The standard InChI is InChI=1S/C17H14F3N3O2S.C15H13N5O4.K/c1-11-2-4-12(5-3-11)15-10-16(17(18,19)20)22-23(15)13-6-8-14(9-7-13)26(21,24)25;21-11(19-10-3-1-9(2-4-10)15(23)24)5-6-20-8-18-12-13(20)16-7-17-14(12)22;/h2-10H,1H3,(H2,21,24,25);1-4,7-8H,5-6H2,(H,19,21)(H,23,24)(H,16,17,22);/q;;+1/p-1. The first kappa shape index (κ1) is 39.3. The van der Waals surface area contributed by atoms with Crippen LogP contribution in [0.4, 0.5) is 18.9 Å². The summed E-state index contributed by atoms with van der Waals surface area (Å²) in [6, 6.07) is 18.7. The summed E-state index contributed by atoms with van der Waals surface area (Å²) in [6.45, 7) is 2.17. The van der Waals surface area contributed by atoms with Crippen LogP contribution in [0.2, 0.25) is 0 Å². The van der Waals surface area contributed by atoms with Gasteiger partial charge in [0.15, 0.2) is 16.9 Å². The van der Waals surface area contributed by atoms with E-state index in [0.29, 0.717) is 23.4 Å². The second-order valence-electron chi connectivity index (χ2n) is 10.7. The van der Waals surface area contributed by atoms with Crippen molar-refractivity contribution >= 4 is 38.8 Å². The number of halogens is 3. The van der Waals surface area contributed by atoms with Gasteiger partial charge >= 0.3 is 57.6 Å². The summed E-state index contributed by atoms with van der Waals surface area (Å²) in [5, 5.41) is 22.0. The number of fused-ring (bicyclic) bond motifs is 1. The summed E-state index contributed by atoms with van der Waals surface area (Å²) in [7, 11) is -3.90. The molecule has 258 valence electrons. The summed E-state index contributed by atoms with van der Waals surface area (Å²) < 4.78 is 64.8. The number of amides is 1. The van der Waals surface area contributed by atoms with E-state index >= 15 is 0 Å². The van der Waals surface area contributed by atoms with E-state index in [9.17, 15) is 41.1 Å². The summed E-state index contributed by atoms with van der Waals surface area (Å²) in [6.07, 6.45) is -1.73. The van der Waals surface area contributed by atoms with E-state index in [1.165, 1.54) is 61.2 Å². The maximum absolute atomic E-state index is 13.1. The Kier molecular flexibility index (Phi) is 12.5. The molecule has 0 aliphatic rings. The summed E-state index contributed by atoms with van der Waals surface area (Å²) >= 11 is 0. The second kappa shape index (κ2) is 16.2. The molecule has 0 saturated heterocycles. The van der Waals surface area contributed by atoms with Crippen molar-refractivity contribution < 1.29 is 87.7 Å². The Bertz CT molecular complexity index is 2340. The zero-order valence-electron chi connectivity index (χ0n) is 26.9. The molecule has 0 fully saturated rings. The molecule has 3 heterocycles. The monoisotopic (exact) mass is 746 g/mol. The SMILES string of the molecule is Cc1ccc(-c2cc(C(F)(F)F)nn2-c2ccc(S(N)(=O)=O)cc2)cc1.O=C(CCn1cnc2c(=O)[nH]cnc21)Nc1ccc(C(=O)[O-])cc1.[K+]. The first-order valence-corrected chi connectivity index (χ1v) is 16.0. The van der Waals surface area contributed by atoms with E-state index in [4.69, 9.17) is 5.14 Å². The number of aromatic amines is 1. The predicted octanol–water partition coefficient (Wildman–Crippen LogP) is 0.0298. The number of carbonyl (C=O) groups is 2. The quantitative estimate of drug-likeness (QED) is 0.179. The molecule has 14 nitrogen and oxygen atoms in total. The number of aromatic nitrogens is 6. The number of carbonyl (C=O) groups excluding carboxylic acids is 2. The normalized spacial score (nSPS) is 11.3. The van der Waals surface area contributed by atoms with Gasteiger partial charge in [0.05, 0.1) is 34.9 Å². The Hall–Kier alpha value is -4.50. The van der Waals surface area contributed by atoms with Crippen molar-refractivity contribution in [1.82, 2.24) is 29.3 Å². The van der Waals surface area contributed by atoms with Crippen LogP contribution in [0.1, 0.15) is 28.0 Å². The van der Waals surface area contributed by atoms with Crippen molar-refractivity contribution in [3.05, 3.63) is 119 Å². The largest absolute Gasteiger partial charge is 1.00 e. The van der Waals surface area contributed by atoms with Crippen molar-refractivity contribution in [1.29, 1.82) is 0 Å². The molecule has 0 saturated carbocycles. The minimum atomic E-state index is -4.61. The van der Waals surface area contributed by atoms with Crippen LogP contribution < -0.4 is 72.5 Å². The van der Waals surface area contributed by atoms with E-state index in [1.807, 2.05) is 6.92 Å². The Morgan fingerprint density at radius 2 is 1.63 bits per heavy atom. The molecular weight excluding hydrogens is 721 g/mol. The van der Waals surface area contributed by atoms with Crippen molar-refractivity contribution in [2.45, 2.75) is 31.0 Å². The average molecular weight is 747 g/mol. The number of rotatable bonds is 8.